The second-order valence-electron chi connectivity index (χ2n) is 5.21. The van der Waals surface area contributed by atoms with Crippen LogP contribution in [0.2, 0.25) is 0 Å². The Kier molecular flexibility index (Phi) is 11.6. The SMILES string of the molecule is CCCCCCCC/C(C(=O)OC)=C(\CCC)C(=O)OC. The van der Waals surface area contributed by atoms with E-state index in [0.717, 1.165) is 19.3 Å². The van der Waals surface area contributed by atoms with Gasteiger partial charge in [0.2, 0.25) is 0 Å². The van der Waals surface area contributed by atoms with Crippen LogP contribution in [-0.2, 0) is 19.1 Å². The quantitative estimate of drug-likeness (QED) is 0.326. The molecule has 0 aliphatic rings. The lowest BCUT2D eigenvalue weighted by molar-refractivity contribution is -0.139. The molecule has 21 heavy (non-hydrogen) atoms. The zero-order valence-corrected chi connectivity index (χ0v) is 14.0. The zero-order chi connectivity index (χ0) is 16.1. The summed E-state index contributed by atoms with van der Waals surface area (Å²) in [5, 5.41) is 0. The van der Waals surface area contributed by atoms with Gasteiger partial charge in [0, 0.05) is 11.1 Å². The Morgan fingerprint density at radius 3 is 1.62 bits per heavy atom. The third-order valence-electron chi connectivity index (χ3n) is 3.51. The molecule has 0 atom stereocenters. The maximum absolute atomic E-state index is 11.9. The highest BCUT2D eigenvalue weighted by molar-refractivity contribution is 6.00. The summed E-state index contributed by atoms with van der Waals surface area (Å²) in [5.41, 5.74) is 0.960. The summed E-state index contributed by atoms with van der Waals surface area (Å²) in [6, 6.07) is 0. The third kappa shape index (κ3) is 7.88. The van der Waals surface area contributed by atoms with Gasteiger partial charge in [-0.05, 0) is 19.3 Å². The van der Waals surface area contributed by atoms with Gasteiger partial charge < -0.3 is 9.47 Å². The van der Waals surface area contributed by atoms with Gasteiger partial charge in [-0.1, -0.05) is 52.4 Å². The van der Waals surface area contributed by atoms with Crippen LogP contribution < -0.4 is 0 Å². The van der Waals surface area contributed by atoms with Crippen LogP contribution in [0, 0.1) is 0 Å². The smallest absolute Gasteiger partial charge is 0.334 e. The summed E-state index contributed by atoms with van der Waals surface area (Å²) in [5.74, 6) is -0.819. The Morgan fingerprint density at radius 2 is 1.14 bits per heavy atom. The monoisotopic (exact) mass is 298 g/mol. The van der Waals surface area contributed by atoms with Crippen LogP contribution >= 0.6 is 0 Å². The Labute approximate surface area is 128 Å². The van der Waals surface area contributed by atoms with Crippen LogP contribution in [0.15, 0.2) is 11.1 Å². The van der Waals surface area contributed by atoms with Crippen molar-refractivity contribution in [2.75, 3.05) is 14.2 Å². The van der Waals surface area contributed by atoms with Gasteiger partial charge in [0.25, 0.3) is 0 Å². The largest absolute Gasteiger partial charge is 0.466 e. The number of ether oxygens (including phenoxy) is 2. The van der Waals surface area contributed by atoms with Gasteiger partial charge in [0.1, 0.15) is 0 Å². The minimum atomic E-state index is -0.414. The number of unbranched alkanes of at least 4 members (excludes halogenated alkanes) is 5. The molecule has 0 aliphatic carbocycles. The summed E-state index contributed by atoms with van der Waals surface area (Å²) in [7, 11) is 2.70. The second kappa shape index (κ2) is 12.4. The van der Waals surface area contributed by atoms with Crippen molar-refractivity contribution in [2.24, 2.45) is 0 Å². The minimum absolute atomic E-state index is 0.405. The average molecular weight is 298 g/mol. The molecule has 4 nitrogen and oxygen atoms in total. The summed E-state index contributed by atoms with van der Waals surface area (Å²) in [6.07, 6.45) is 8.77. The van der Waals surface area contributed by atoms with Gasteiger partial charge in [0.05, 0.1) is 14.2 Å². The van der Waals surface area contributed by atoms with Gasteiger partial charge in [-0.25, -0.2) is 9.59 Å². The van der Waals surface area contributed by atoms with Gasteiger partial charge in [-0.3, -0.25) is 0 Å². The van der Waals surface area contributed by atoms with Crippen molar-refractivity contribution < 1.29 is 19.1 Å². The molecule has 0 radical (unpaired) electrons. The van der Waals surface area contributed by atoms with E-state index in [1.807, 2.05) is 6.92 Å². The summed E-state index contributed by atoms with van der Waals surface area (Å²) < 4.78 is 9.62. The lowest BCUT2D eigenvalue weighted by atomic mass is 9.97. The number of rotatable bonds is 11. The molecule has 0 aromatic carbocycles. The predicted octanol–water partition coefficient (Wildman–Crippen LogP) is 4.18. The van der Waals surface area contributed by atoms with Crippen LogP contribution in [0.4, 0.5) is 0 Å². The van der Waals surface area contributed by atoms with Crippen molar-refractivity contribution in [2.45, 2.75) is 71.6 Å². The third-order valence-corrected chi connectivity index (χ3v) is 3.51. The van der Waals surface area contributed by atoms with Gasteiger partial charge in [-0.15, -0.1) is 0 Å². The zero-order valence-electron chi connectivity index (χ0n) is 14.0. The number of methoxy groups -OCH3 is 2. The van der Waals surface area contributed by atoms with Crippen molar-refractivity contribution in [1.82, 2.24) is 0 Å². The molecule has 0 saturated heterocycles. The van der Waals surface area contributed by atoms with Crippen molar-refractivity contribution in [3.05, 3.63) is 11.1 Å². The highest BCUT2D eigenvalue weighted by Gasteiger charge is 2.21. The lowest BCUT2D eigenvalue weighted by Crippen LogP contribution is -2.15. The fraction of sp³-hybridized carbons (Fsp3) is 0.765. The Bertz CT molecular complexity index is 345. The highest BCUT2D eigenvalue weighted by atomic mass is 16.5. The predicted molar refractivity (Wildman–Crippen MR) is 84.0 cm³/mol. The number of hydrogen-bond donors (Lipinski definition) is 0. The van der Waals surface area contributed by atoms with E-state index in [4.69, 9.17) is 9.47 Å². The van der Waals surface area contributed by atoms with E-state index in [1.54, 1.807) is 0 Å². The molecule has 0 bridgehead atoms. The first-order valence-electron chi connectivity index (χ1n) is 8.00. The van der Waals surface area contributed by atoms with E-state index in [9.17, 15) is 9.59 Å². The van der Waals surface area contributed by atoms with E-state index in [-0.39, 0.29) is 0 Å². The van der Waals surface area contributed by atoms with E-state index in [0.29, 0.717) is 24.0 Å². The molecule has 0 aliphatic heterocycles. The molecule has 0 rings (SSSR count). The average Bonchev–Trinajstić information content (AvgIpc) is 2.51. The molecule has 0 aromatic rings. The fourth-order valence-electron chi connectivity index (χ4n) is 2.33. The first-order valence-corrected chi connectivity index (χ1v) is 8.00. The number of carbonyl (C=O) groups is 2. The maximum Gasteiger partial charge on any atom is 0.334 e. The topological polar surface area (TPSA) is 52.6 Å². The number of hydrogen-bond acceptors (Lipinski definition) is 4. The molecule has 0 aromatic heterocycles. The van der Waals surface area contributed by atoms with Crippen LogP contribution in [-0.4, -0.2) is 26.2 Å². The van der Waals surface area contributed by atoms with E-state index >= 15 is 0 Å². The van der Waals surface area contributed by atoms with Crippen LogP contribution in [0.3, 0.4) is 0 Å². The molecule has 0 fully saturated rings. The van der Waals surface area contributed by atoms with Gasteiger partial charge >= 0.3 is 11.9 Å². The Balaban J connectivity index is 4.75. The molecular weight excluding hydrogens is 268 g/mol. The standard InChI is InChI=1S/C17H30O4/c1-5-7-8-9-10-11-13-15(17(19)21-4)14(12-6-2)16(18)20-3/h5-13H2,1-4H3/b15-14-. The molecule has 0 N–H and O–H groups in total. The number of esters is 2. The van der Waals surface area contributed by atoms with E-state index < -0.39 is 11.9 Å². The molecule has 0 saturated carbocycles. The Morgan fingerprint density at radius 1 is 0.667 bits per heavy atom. The van der Waals surface area contributed by atoms with Crippen LogP contribution in [0.5, 0.6) is 0 Å². The van der Waals surface area contributed by atoms with E-state index in [2.05, 4.69) is 6.92 Å². The first-order chi connectivity index (χ1) is 10.1. The summed E-state index contributed by atoms with van der Waals surface area (Å²) >= 11 is 0. The first kappa shape index (κ1) is 19.7. The molecule has 0 amide bonds. The van der Waals surface area contributed by atoms with Crippen LogP contribution in [0.1, 0.15) is 71.6 Å². The van der Waals surface area contributed by atoms with Crippen molar-refractivity contribution in [3.8, 4) is 0 Å². The molecular formula is C17H30O4. The van der Waals surface area contributed by atoms with Crippen molar-refractivity contribution >= 4 is 11.9 Å². The van der Waals surface area contributed by atoms with E-state index in [1.165, 1.54) is 39.9 Å². The van der Waals surface area contributed by atoms with Crippen molar-refractivity contribution in [3.63, 3.8) is 0 Å². The fourth-order valence-corrected chi connectivity index (χ4v) is 2.33. The Hall–Kier alpha value is -1.32. The van der Waals surface area contributed by atoms with Crippen molar-refractivity contribution in [1.29, 1.82) is 0 Å². The summed E-state index contributed by atoms with van der Waals surface area (Å²) in [4.78, 5) is 23.8. The normalized spacial score (nSPS) is 11.8. The van der Waals surface area contributed by atoms with Gasteiger partial charge in [-0.2, -0.15) is 0 Å². The lowest BCUT2D eigenvalue weighted by Gasteiger charge is -2.12. The second-order valence-corrected chi connectivity index (χ2v) is 5.21. The number of carbonyl (C=O) groups excluding carboxylic acids is 2. The van der Waals surface area contributed by atoms with Gasteiger partial charge in [0.15, 0.2) is 0 Å². The molecule has 0 heterocycles. The van der Waals surface area contributed by atoms with Crippen LogP contribution in [0.25, 0.3) is 0 Å². The molecule has 4 heteroatoms. The molecule has 0 spiro atoms. The molecule has 122 valence electrons. The molecule has 0 unspecified atom stereocenters. The highest BCUT2D eigenvalue weighted by Crippen LogP contribution is 2.21. The maximum atomic E-state index is 11.9. The minimum Gasteiger partial charge on any atom is -0.466 e. The summed E-state index contributed by atoms with van der Waals surface area (Å²) in [6.45, 7) is 4.16.